The molecule has 1 aromatic carbocycles. The van der Waals surface area contributed by atoms with Gasteiger partial charge in [-0.25, -0.2) is 0 Å². The van der Waals surface area contributed by atoms with Crippen molar-refractivity contribution < 1.29 is 9.90 Å². The van der Waals surface area contributed by atoms with Crippen LogP contribution in [0.5, 0.6) is 0 Å². The standard InChI is InChI=1S/C10H11NO2/c1-7(6-10(12)13)8-4-2-3-5-9(8)11/h2-5H,1,6,11H2,(H,12,13). The summed E-state index contributed by atoms with van der Waals surface area (Å²) < 4.78 is 0. The molecule has 0 aliphatic rings. The van der Waals surface area contributed by atoms with Crippen molar-refractivity contribution in [2.24, 2.45) is 0 Å². The molecule has 0 bridgehead atoms. The zero-order valence-electron chi connectivity index (χ0n) is 7.16. The molecule has 0 aliphatic carbocycles. The SMILES string of the molecule is C=C(CC(=O)O)c1ccccc1N. The summed E-state index contributed by atoms with van der Waals surface area (Å²) in [5.41, 5.74) is 7.45. The molecular formula is C10H11NO2. The van der Waals surface area contributed by atoms with Crippen LogP contribution in [0.15, 0.2) is 30.8 Å². The number of hydrogen-bond donors (Lipinski definition) is 2. The highest BCUT2D eigenvalue weighted by Gasteiger charge is 2.06. The van der Waals surface area contributed by atoms with E-state index in [0.29, 0.717) is 16.8 Å². The van der Waals surface area contributed by atoms with Gasteiger partial charge in [-0.1, -0.05) is 24.8 Å². The second kappa shape index (κ2) is 3.76. The van der Waals surface area contributed by atoms with Crippen LogP contribution in [0.4, 0.5) is 5.69 Å². The molecule has 0 radical (unpaired) electrons. The van der Waals surface area contributed by atoms with Crippen molar-refractivity contribution in [3.8, 4) is 0 Å². The van der Waals surface area contributed by atoms with Gasteiger partial charge in [-0.15, -0.1) is 0 Å². The van der Waals surface area contributed by atoms with Crippen LogP contribution in [-0.2, 0) is 4.79 Å². The molecule has 1 rings (SSSR count). The number of aliphatic carboxylic acids is 1. The van der Waals surface area contributed by atoms with Gasteiger partial charge < -0.3 is 10.8 Å². The third kappa shape index (κ3) is 2.33. The van der Waals surface area contributed by atoms with E-state index in [0.717, 1.165) is 0 Å². The Morgan fingerprint density at radius 2 is 2.08 bits per heavy atom. The molecule has 0 aliphatic heterocycles. The van der Waals surface area contributed by atoms with E-state index >= 15 is 0 Å². The van der Waals surface area contributed by atoms with Crippen LogP contribution in [0.3, 0.4) is 0 Å². The number of carboxylic acids is 1. The number of hydrogen-bond acceptors (Lipinski definition) is 2. The van der Waals surface area contributed by atoms with E-state index in [-0.39, 0.29) is 6.42 Å². The molecule has 1 aromatic rings. The van der Waals surface area contributed by atoms with Crippen LogP contribution in [0.1, 0.15) is 12.0 Å². The number of benzene rings is 1. The minimum Gasteiger partial charge on any atom is -0.481 e. The Hall–Kier alpha value is -1.77. The molecule has 0 unspecified atom stereocenters. The summed E-state index contributed by atoms with van der Waals surface area (Å²) in [7, 11) is 0. The van der Waals surface area contributed by atoms with Crippen molar-refractivity contribution in [3.63, 3.8) is 0 Å². The molecule has 0 saturated carbocycles. The summed E-state index contributed by atoms with van der Waals surface area (Å²) >= 11 is 0. The lowest BCUT2D eigenvalue weighted by Gasteiger charge is -2.05. The number of anilines is 1. The summed E-state index contributed by atoms with van der Waals surface area (Å²) in [4.78, 5) is 10.4. The maximum atomic E-state index is 10.4. The first kappa shape index (κ1) is 9.32. The molecule has 3 heteroatoms. The zero-order valence-corrected chi connectivity index (χ0v) is 7.16. The molecule has 0 saturated heterocycles. The molecule has 0 amide bonds. The van der Waals surface area contributed by atoms with Gasteiger partial charge in [0.15, 0.2) is 0 Å². The van der Waals surface area contributed by atoms with Gasteiger partial charge in [-0.3, -0.25) is 4.79 Å². The topological polar surface area (TPSA) is 63.3 Å². The number of nitrogen functional groups attached to an aromatic ring is 1. The van der Waals surface area contributed by atoms with Gasteiger partial charge >= 0.3 is 5.97 Å². The van der Waals surface area contributed by atoms with Gasteiger partial charge in [0.2, 0.25) is 0 Å². The highest BCUT2D eigenvalue weighted by atomic mass is 16.4. The van der Waals surface area contributed by atoms with Gasteiger partial charge in [0.1, 0.15) is 0 Å². The van der Waals surface area contributed by atoms with Gasteiger partial charge in [0.25, 0.3) is 0 Å². The van der Waals surface area contributed by atoms with Crippen molar-refractivity contribution in [2.45, 2.75) is 6.42 Å². The minimum atomic E-state index is -0.895. The van der Waals surface area contributed by atoms with E-state index < -0.39 is 5.97 Å². The fourth-order valence-corrected chi connectivity index (χ4v) is 1.10. The molecule has 3 nitrogen and oxygen atoms in total. The van der Waals surface area contributed by atoms with Crippen LogP contribution < -0.4 is 5.73 Å². The molecule has 0 heterocycles. The van der Waals surface area contributed by atoms with Crippen molar-refractivity contribution in [3.05, 3.63) is 36.4 Å². The van der Waals surface area contributed by atoms with Crippen molar-refractivity contribution in [1.29, 1.82) is 0 Å². The lowest BCUT2D eigenvalue weighted by molar-refractivity contribution is -0.135. The Kier molecular flexibility index (Phi) is 2.69. The average molecular weight is 177 g/mol. The molecule has 0 spiro atoms. The Morgan fingerprint density at radius 1 is 1.46 bits per heavy atom. The van der Waals surface area contributed by atoms with E-state index in [1.807, 2.05) is 0 Å². The first-order chi connectivity index (χ1) is 6.11. The molecule has 13 heavy (non-hydrogen) atoms. The third-order valence-electron chi connectivity index (χ3n) is 1.71. The number of carboxylic acid groups (broad SMARTS) is 1. The first-order valence-corrected chi connectivity index (χ1v) is 3.85. The zero-order chi connectivity index (χ0) is 9.84. The minimum absolute atomic E-state index is 0.0752. The number of nitrogens with two attached hydrogens (primary N) is 1. The Labute approximate surface area is 76.5 Å². The summed E-state index contributed by atoms with van der Waals surface area (Å²) in [6, 6.07) is 7.09. The molecule has 0 aromatic heterocycles. The lowest BCUT2D eigenvalue weighted by Crippen LogP contribution is -1.98. The molecule has 68 valence electrons. The maximum Gasteiger partial charge on any atom is 0.307 e. The predicted octanol–water partition coefficient (Wildman–Crippen LogP) is 1.76. The van der Waals surface area contributed by atoms with Crippen molar-refractivity contribution in [1.82, 2.24) is 0 Å². The Bertz CT molecular complexity index is 345. The highest BCUT2D eigenvalue weighted by Crippen LogP contribution is 2.21. The third-order valence-corrected chi connectivity index (χ3v) is 1.71. The van der Waals surface area contributed by atoms with Crippen molar-refractivity contribution >= 4 is 17.2 Å². The number of carbonyl (C=O) groups is 1. The van der Waals surface area contributed by atoms with Crippen LogP contribution in [0, 0.1) is 0 Å². The van der Waals surface area contributed by atoms with Crippen LogP contribution in [0.2, 0.25) is 0 Å². The maximum absolute atomic E-state index is 10.4. The second-order valence-corrected chi connectivity index (χ2v) is 2.76. The summed E-state index contributed by atoms with van der Waals surface area (Å²) in [5.74, 6) is -0.895. The largest absolute Gasteiger partial charge is 0.481 e. The second-order valence-electron chi connectivity index (χ2n) is 2.76. The molecular weight excluding hydrogens is 166 g/mol. The van der Waals surface area contributed by atoms with Gasteiger partial charge in [0.05, 0.1) is 6.42 Å². The fraction of sp³-hybridized carbons (Fsp3) is 0.100. The molecule has 0 atom stereocenters. The van der Waals surface area contributed by atoms with E-state index in [9.17, 15) is 4.79 Å². The predicted molar refractivity (Wildman–Crippen MR) is 52.1 cm³/mol. The molecule has 3 N–H and O–H groups in total. The smallest absolute Gasteiger partial charge is 0.307 e. The summed E-state index contributed by atoms with van der Waals surface area (Å²) in [6.07, 6.45) is -0.0752. The quantitative estimate of drug-likeness (QED) is 0.691. The van der Waals surface area contributed by atoms with E-state index in [1.165, 1.54) is 0 Å². The lowest BCUT2D eigenvalue weighted by atomic mass is 10.0. The van der Waals surface area contributed by atoms with E-state index in [1.54, 1.807) is 24.3 Å². The van der Waals surface area contributed by atoms with Crippen LogP contribution in [0.25, 0.3) is 5.57 Å². The number of para-hydroxylation sites is 1. The normalized spacial score (nSPS) is 9.54. The summed E-state index contributed by atoms with van der Waals surface area (Å²) in [6.45, 7) is 3.67. The van der Waals surface area contributed by atoms with Gasteiger partial charge in [0, 0.05) is 11.3 Å². The first-order valence-electron chi connectivity index (χ1n) is 3.85. The van der Waals surface area contributed by atoms with Crippen LogP contribution >= 0.6 is 0 Å². The Morgan fingerprint density at radius 3 is 2.62 bits per heavy atom. The fourth-order valence-electron chi connectivity index (χ4n) is 1.10. The number of rotatable bonds is 3. The Balaban J connectivity index is 2.89. The molecule has 0 fully saturated rings. The average Bonchev–Trinajstić information content (AvgIpc) is 2.03. The monoisotopic (exact) mass is 177 g/mol. The highest BCUT2D eigenvalue weighted by molar-refractivity contribution is 5.86. The van der Waals surface area contributed by atoms with E-state index in [2.05, 4.69) is 6.58 Å². The van der Waals surface area contributed by atoms with Gasteiger partial charge in [-0.2, -0.15) is 0 Å². The van der Waals surface area contributed by atoms with E-state index in [4.69, 9.17) is 10.8 Å². The van der Waals surface area contributed by atoms with Crippen LogP contribution in [-0.4, -0.2) is 11.1 Å². The summed E-state index contributed by atoms with van der Waals surface area (Å²) in [5, 5.41) is 8.53. The van der Waals surface area contributed by atoms with Crippen molar-refractivity contribution in [2.75, 3.05) is 5.73 Å². The van der Waals surface area contributed by atoms with Gasteiger partial charge in [-0.05, 0) is 11.6 Å².